The van der Waals surface area contributed by atoms with Crippen molar-refractivity contribution in [3.05, 3.63) is 59.1 Å². The summed E-state index contributed by atoms with van der Waals surface area (Å²) in [4.78, 5) is 15.4. The van der Waals surface area contributed by atoms with Crippen molar-refractivity contribution in [2.24, 2.45) is 0 Å². The van der Waals surface area contributed by atoms with Gasteiger partial charge in [0.25, 0.3) is 0 Å². The number of pyridine rings is 1. The minimum atomic E-state index is -0.589. The molecule has 0 radical (unpaired) electrons. The third-order valence-corrected chi connectivity index (χ3v) is 2.18. The van der Waals surface area contributed by atoms with E-state index in [1.165, 1.54) is 42.7 Å². The summed E-state index contributed by atoms with van der Waals surface area (Å²) in [6.45, 7) is 0. The van der Waals surface area contributed by atoms with Gasteiger partial charge in [0.15, 0.2) is 5.75 Å². The Morgan fingerprint density at radius 2 is 1.94 bits per heavy atom. The lowest BCUT2D eigenvalue weighted by atomic mass is 10.2. The Hall–Kier alpha value is -1.94. The van der Waals surface area contributed by atoms with Crippen LogP contribution in [0.3, 0.4) is 0 Å². The number of aromatic nitrogens is 1. The van der Waals surface area contributed by atoms with Gasteiger partial charge in [-0.15, -0.1) is 0 Å². The Balaban J connectivity index is 2.14. The predicted octanol–water partition coefficient (Wildman–Crippen LogP) is 3.09. The van der Waals surface area contributed by atoms with Crippen LogP contribution in [0.15, 0.2) is 42.7 Å². The van der Waals surface area contributed by atoms with Crippen LogP contribution in [0.4, 0.5) is 4.39 Å². The van der Waals surface area contributed by atoms with Gasteiger partial charge in [0.2, 0.25) is 0 Å². The van der Waals surface area contributed by atoms with E-state index in [1.807, 2.05) is 0 Å². The summed E-state index contributed by atoms with van der Waals surface area (Å²) in [5.74, 6) is -0.758. The van der Waals surface area contributed by atoms with Gasteiger partial charge in [-0.05, 0) is 24.3 Å². The van der Waals surface area contributed by atoms with Crippen LogP contribution in [0.2, 0.25) is 5.02 Å². The van der Waals surface area contributed by atoms with Crippen LogP contribution in [0.25, 0.3) is 0 Å². The number of carbonyl (C=O) groups excluding carboxylic acids is 1. The largest absolute Gasteiger partial charge is 0.421 e. The van der Waals surface area contributed by atoms with Crippen molar-refractivity contribution < 1.29 is 13.9 Å². The van der Waals surface area contributed by atoms with Gasteiger partial charge in [0.05, 0.1) is 16.8 Å². The van der Waals surface area contributed by atoms with E-state index in [4.69, 9.17) is 16.3 Å². The fourth-order valence-electron chi connectivity index (χ4n) is 1.20. The molecule has 0 unspecified atom stereocenters. The molecule has 2 aromatic rings. The molecule has 2 rings (SSSR count). The smallest absolute Gasteiger partial charge is 0.343 e. The summed E-state index contributed by atoms with van der Waals surface area (Å²) < 4.78 is 17.7. The minimum Gasteiger partial charge on any atom is -0.421 e. The predicted molar refractivity (Wildman–Crippen MR) is 60.6 cm³/mol. The number of esters is 1. The van der Waals surface area contributed by atoms with E-state index < -0.39 is 11.8 Å². The number of ether oxygens (including phenoxy) is 1. The Labute approximate surface area is 102 Å². The maximum atomic E-state index is 12.7. The van der Waals surface area contributed by atoms with Crippen LogP contribution in [0, 0.1) is 5.82 Å². The van der Waals surface area contributed by atoms with Gasteiger partial charge in [0.1, 0.15) is 5.82 Å². The van der Waals surface area contributed by atoms with Crippen molar-refractivity contribution in [2.45, 2.75) is 0 Å². The first-order chi connectivity index (χ1) is 8.15. The van der Waals surface area contributed by atoms with E-state index in [2.05, 4.69) is 4.98 Å². The summed E-state index contributed by atoms with van der Waals surface area (Å²) in [5.41, 5.74) is 0.256. The molecule has 3 nitrogen and oxygen atoms in total. The summed E-state index contributed by atoms with van der Waals surface area (Å²) in [6.07, 6.45) is 2.80. The van der Waals surface area contributed by atoms with Gasteiger partial charge in [-0.2, -0.15) is 0 Å². The van der Waals surface area contributed by atoms with E-state index >= 15 is 0 Å². The normalized spacial score (nSPS) is 10.0. The fraction of sp³-hybridized carbons (Fsp3) is 0. The third kappa shape index (κ3) is 3.01. The first kappa shape index (κ1) is 11.5. The van der Waals surface area contributed by atoms with Crippen LogP contribution >= 0.6 is 11.6 Å². The highest BCUT2D eigenvalue weighted by Gasteiger charge is 2.08. The van der Waals surface area contributed by atoms with Crippen molar-refractivity contribution in [3.63, 3.8) is 0 Å². The molecule has 1 heterocycles. The monoisotopic (exact) mass is 251 g/mol. The average Bonchev–Trinajstić information content (AvgIpc) is 2.29. The molecule has 0 saturated heterocycles. The minimum absolute atomic E-state index is 0.242. The maximum Gasteiger partial charge on any atom is 0.343 e. The zero-order valence-corrected chi connectivity index (χ0v) is 9.32. The SMILES string of the molecule is O=C(Oc1cncc(Cl)c1)c1ccc(F)cc1. The number of nitrogens with zero attached hydrogens (tertiary/aromatic N) is 1. The van der Waals surface area contributed by atoms with Crippen LogP contribution in [-0.2, 0) is 0 Å². The Kier molecular flexibility index (Phi) is 3.35. The number of halogens is 2. The van der Waals surface area contributed by atoms with Gasteiger partial charge in [-0.25, -0.2) is 9.18 Å². The first-order valence-electron chi connectivity index (χ1n) is 4.73. The van der Waals surface area contributed by atoms with E-state index in [1.54, 1.807) is 0 Å². The van der Waals surface area contributed by atoms with Crippen molar-refractivity contribution in [1.82, 2.24) is 4.98 Å². The summed E-state index contributed by atoms with van der Waals surface area (Å²) in [6, 6.07) is 6.53. The molecule has 0 N–H and O–H groups in total. The van der Waals surface area contributed by atoms with Crippen LogP contribution < -0.4 is 4.74 Å². The number of carbonyl (C=O) groups is 1. The lowest BCUT2D eigenvalue weighted by molar-refractivity contribution is 0.0734. The number of benzene rings is 1. The summed E-state index contributed by atoms with van der Waals surface area (Å²) >= 11 is 5.69. The number of hydrogen-bond donors (Lipinski definition) is 0. The second-order valence-corrected chi connectivity index (χ2v) is 3.67. The van der Waals surface area contributed by atoms with Crippen molar-refractivity contribution in [2.75, 3.05) is 0 Å². The fourth-order valence-corrected chi connectivity index (χ4v) is 1.36. The zero-order valence-electron chi connectivity index (χ0n) is 8.56. The van der Waals surface area contributed by atoms with Gasteiger partial charge < -0.3 is 4.74 Å². The molecular weight excluding hydrogens is 245 g/mol. The Morgan fingerprint density at radius 3 is 2.59 bits per heavy atom. The van der Waals surface area contributed by atoms with Gasteiger partial charge in [0, 0.05) is 12.3 Å². The molecule has 0 aliphatic carbocycles. The average molecular weight is 252 g/mol. The van der Waals surface area contributed by atoms with E-state index in [0.29, 0.717) is 5.02 Å². The molecule has 0 aliphatic heterocycles. The Bertz CT molecular complexity index is 542. The summed E-state index contributed by atoms with van der Waals surface area (Å²) in [5, 5.41) is 0.370. The topological polar surface area (TPSA) is 39.2 Å². The van der Waals surface area contributed by atoms with Crippen LogP contribution in [0.1, 0.15) is 10.4 Å². The van der Waals surface area contributed by atoms with Crippen LogP contribution in [0.5, 0.6) is 5.75 Å². The Morgan fingerprint density at radius 1 is 1.24 bits per heavy atom. The molecule has 0 aliphatic rings. The number of rotatable bonds is 2. The third-order valence-electron chi connectivity index (χ3n) is 1.97. The van der Waals surface area contributed by atoms with Gasteiger partial charge >= 0.3 is 5.97 Å². The van der Waals surface area contributed by atoms with Crippen LogP contribution in [-0.4, -0.2) is 11.0 Å². The maximum absolute atomic E-state index is 12.7. The highest BCUT2D eigenvalue weighted by molar-refractivity contribution is 6.30. The highest BCUT2D eigenvalue weighted by Crippen LogP contribution is 2.16. The summed E-state index contributed by atoms with van der Waals surface area (Å²) in [7, 11) is 0. The van der Waals surface area contributed by atoms with Crippen molar-refractivity contribution >= 4 is 17.6 Å². The molecule has 1 aromatic carbocycles. The quantitative estimate of drug-likeness (QED) is 0.770. The van der Waals surface area contributed by atoms with E-state index in [0.717, 1.165) is 0 Å². The molecule has 1 aromatic heterocycles. The lowest BCUT2D eigenvalue weighted by Crippen LogP contribution is -2.08. The lowest BCUT2D eigenvalue weighted by Gasteiger charge is -2.03. The molecular formula is C12H7ClFNO2. The van der Waals surface area contributed by atoms with Crippen molar-refractivity contribution in [1.29, 1.82) is 0 Å². The molecule has 0 amide bonds. The number of hydrogen-bond acceptors (Lipinski definition) is 3. The molecule has 0 spiro atoms. The molecule has 0 bridgehead atoms. The zero-order chi connectivity index (χ0) is 12.3. The second kappa shape index (κ2) is 4.93. The van der Waals surface area contributed by atoms with Crippen molar-refractivity contribution in [3.8, 4) is 5.75 Å². The molecule has 0 atom stereocenters. The van der Waals surface area contributed by atoms with Gasteiger partial charge in [-0.3, -0.25) is 4.98 Å². The highest BCUT2D eigenvalue weighted by atomic mass is 35.5. The molecule has 5 heteroatoms. The molecule has 0 fully saturated rings. The second-order valence-electron chi connectivity index (χ2n) is 3.24. The van der Waals surface area contributed by atoms with Gasteiger partial charge in [-0.1, -0.05) is 11.6 Å². The first-order valence-corrected chi connectivity index (χ1v) is 5.11. The molecule has 86 valence electrons. The molecule has 17 heavy (non-hydrogen) atoms. The van der Waals surface area contributed by atoms with E-state index in [9.17, 15) is 9.18 Å². The van der Waals surface area contributed by atoms with E-state index in [-0.39, 0.29) is 11.3 Å². The molecule has 0 saturated carbocycles. The standard InChI is InChI=1S/C12H7ClFNO2/c13-9-5-11(7-15-6-9)17-12(16)8-1-3-10(14)4-2-8/h1-7H.